The van der Waals surface area contributed by atoms with Crippen molar-refractivity contribution in [3.63, 3.8) is 0 Å². The Kier molecular flexibility index (Phi) is 2.14. The van der Waals surface area contributed by atoms with E-state index in [4.69, 9.17) is 0 Å². The largest absolute Gasteiger partial charge is 0.267 e. The minimum Gasteiger partial charge on any atom is -0.267 e. The standard InChI is InChI=1S/C7H12BBrN2/c1-7(2,3)11-4-5(9)6(8)10-11/h4H,8H2,1-3H3. The van der Waals surface area contributed by atoms with Crippen LogP contribution in [0.25, 0.3) is 0 Å². The molecule has 0 fully saturated rings. The molecule has 0 aliphatic carbocycles. The highest BCUT2D eigenvalue weighted by atomic mass is 79.9. The van der Waals surface area contributed by atoms with Crippen LogP contribution < -0.4 is 5.59 Å². The van der Waals surface area contributed by atoms with E-state index in [0.717, 1.165) is 10.1 Å². The second-order valence-corrected chi connectivity index (χ2v) is 4.53. The maximum Gasteiger partial charge on any atom is 0.167 e. The van der Waals surface area contributed by atoms with Gasteiger partial charge in [-0.25, -0.2) is 0 Å². The van der Waals surface area contributed by atoms with Gasteiger partial charge in [0.05, 0.1) is 5.54 Å². The SMILES string of the molecule is Bc1nn(C(C)(C)C)cc1Br. The van der Waals surface area contributed by atoms with Gasteiger partial charge in [0.1, 0.15) is 0 Å². The van der Waals surface area contributed by atoms with E-state index >= 15 is 0 Å². The van der Waals surface area contributed by atoms with Crippen molar-refractivity contribution in [2.24, 2.45) is 0 Å². The molecular formula is C7H12BBrN2. The normalized spacial score (nSPS) is 12.0. The summed E-state index contributed by atoms with van der Waals surface area (Å²) in [5, 5.41) is 4.35. The number of hydrogen-bond donors (Lipinski definition) is 0. The summed E-state index contributed by atoms with van der Waals surface area (Å²) in [5.74, 6) is 0. The summed E-state index contributed by atoms with van der Waals surface area (Å²) in [4.78, 5) is 0. The van der Waals surface area contributed by atoms with Crippen molar-refractivity contribution in [1.82, 2.24) is 9.78 Å². The Labute approximate surface area is 76.5 Å². The van der Waals surface area contributed by atoms with Crippen LogP contribution in [0.4, 0.5) is 0 Å². The van der Waals surface area contributed by atoms with Gasteiger partial charge in [-0.15, -0.1) is 0 Å². The Morgan fingerprint density at radius 3 is 2.27 bits per heavy atom. The van der Waals surface area contributed by atoms with Gasteiger partial charge in [-0.05, 0) is 36.7 Å². The first kappa shape index (κ1) is 8.85. The molecule has 0 saturated heterocycles. The Balaban J connectivity index is 3.08. The summed E-state index contributed by atoms with van der Waals surface area (Å²) in [6.45, 7) is 6.39. The molecule has 1 aromatic rings. The van der Waals surface area contributed by atoms with Crippen LogP contribution in [-0.2, 0) is 5.54 Å². The molecule has 1 heterocycles. The summed E-state index contributed by atoms with van der Waals surface area (Å²) in [6.07, 6.45) is 2.01. The van der Waals surface area contributed by atoms with Crippen LogP contribution >= 0.6 is 15.9 Å². The molecule has 0 amide bonds. The monoisotopic (exact) mass is 214 g/mol. The van der Waals surface area contributed by atoms with Crippen LogP contribution in [0.5, 0.6) is 0 Å². The minimum atomic E-state index is 0.0801. The molecule has 0 aliphatic heterocycles. The maximum absolute atomic E-state index is 4.35. The zero-order valence-corrected chi connectivity index (χ0v) is 8.94. The highest BCUT2D eigenvalue weighted by Gasteiger charge is 2.14. The molecule has 11 heavy (non-hydrogen) atoms. The van der Waals surface area contributed by atoms with E-state index in [1.54, 1.807) is 0 Å². The van der Waals surface area contributed by atoms with Gasteiger partial charge in [0.15, 0.2) is 7.85 Å². The molecule has 0 aromatic carbocycles. The maximum atomic E-state index is 4.35. The molecular weight excluding hydrogens is 203 g/mol. The van der Waals surface area contributed by atoms with Gasteiger partial charge in [0, 0.05) is 16.3 Å². The molecule has 1 rings (SSSR count). The lowest BCUT2D eigenvalue weighted by Gasteiger charge is -2.18. The van der Waals surface area contributed by atoms with Crippen molar-refractivity contribution < 1.29 is 0 Å². The van der Waals surface area contributed by atoms with E-state index in [-0.39, 0.29) is 5.54 Å². The summed E-state index contributed by atoms with van der Waals surface area (Å²) < 4.78 is 3.04. The average molecular weight is 215 g/mol. The highest BCUT2D eigenvalue weighted by molar-refractivity contribution is 9.10. The molecule has 0 radical (unpaired) electrons. The van der Waals surface area contributed by atoms with Gasteiger partial charge in [0.2, 0.25) is 0 Å². The topological polar surface area (TPSA) is 17.8 Å². The van der Waals surface area contributed by atoms with Crippen LogP contribution in [-0.4, -0.2) is 17.6 Å². The molecule has 0 atom stereocenters. The molecule has 60 valence electrons. The van der Waals surface area contributed by atoms with Gasteiger partial charge in [-0.1, -0.05) is 0 Å². The zero-order chi connectivity index (χ0) is 8.65. The first-order chi connectivity index (χ1) is 4.91. The third-order valence-electron chi connectivity index (χ3n) is 1.53. The van der Waals surface area contributed by atoms with Gasteiger partial charge in [0.25, 0.3) is 0 Å². The fourth-order valence-corrected chi connectivity index (χ4v) is 1.06. The van der Waals surface area contributed by atoms with Gasteiger partial charge in [-0.3, -0.25) is 4.68 Å². The number of rotatable bonds is 0. The van der Waals surface area contributed by atoms with Gasteiger partial charge >= 0.3 is 0 Å². The molecule has 0 unspecified atom stereocenters. The zero-order valence-electron chi connectivity index (χ0n) is 7.35. The molecule has 0 spiro atoms. The summed E-state index contributed by atoms with van der Waals surface area (Å²) >= 11 is 3.43. The molecule has 0 bridgehead atoms. The second-order valence-electron chi connectivity index (χ2n) is 3.68. The Bertz CT molecular complexity index is 242. The Morgan fingerprint density at radius 2 is 2.09 bits per heavy atom. The molecule has 4 heteroatoms. The summed E-state index contributed by atoms with van der Waals surface area (Å²) in [7, 11) is 1.99. The van der Waals surface area contributed by atoms with E-state index in [0.29, 0.717) is 0 Å². The summed E-state index contributed by atoms with van der Waals surface area (Å²) in [6, 6.07) is 0. The lowest BCUT2D eigenvalue weighted by molar-refractivity contribution is 0.357. The third-order valence-corrected chi connectivity index (χ3v) is 2.30. The molecule has 0 aliphatic rings. The van der Waals surface area contributed by atoms with Gasteiger partial charge in [-0.2, -0.15) is 5.10 Å². The van der Waals surface area contributed by atoms with Crippen LogP contribution in [0.1, 0.15) is 20.8 Å². The Hall–Kier alpha value is -0.245. The third kappa shape index (κ3) is 1.86. The van der Waals surface area contributed by atoms with E-state index in [1.165, 1.54) is 0 Å². The van der Waals surface area contributed by atoms with E-state index in [9.17, 15) is 0 Å². The minimum absolute atomic E-state index is 0.0801. The van der Waals surface area contributed by atoms with Gasteiger partial charge < -0.3 is 0 Å². The molecule has 0 N–H and O–H groups in total. The van der Waals surface area contributed by atoms with Crippen LogP contribution in [0.3, 0.4) is 0 Å². The van der Waals surface area contributed by atoms with Crippen LogP contribution in [0.15, 0.2) is 10.7 Å². The van der Waals surface area contributed by atoms with Crippen molar-refractivity contribution in [2.45, 2.75) is 26.3 Å². The van der Waals surface area contributed by atoms with Crippen LogP contribution in [0, 0.1) is 0 Å². The second kappa shape index (κ2) is 2.66. The van der Waals surface area contributed by atoms with Crippen molar-refractivity contribution in [2.75, 3.05) is 0 Å². The van der Waals surface area contributed by atoms with E-state index < -0.39 is 0 Å². The number of nitrogens with zero attached hydrogens (tertiary/aromatic N) is 2. The number of halogens is 1. The van der Waals surface area contributed by atoms with E-state index in [2.05, 4.69) is 41.8 Å². The fourth-order valence-electron chi connectivity index (χ4n) is 0.783. The average Bonchev–Trinajstić information content (AvgIpc) is 2.11. The molecule has 2 nitrogen and oxygen atoms in total. The number of hydrogen-bond acceptors (Lipinski definition) is 1. The smallest absolute Gasteiger partial charge is 0.167 e. The van der Waals surface area contributed by atoms with Crippen molar-refractivity contribution in [3.05, 3.63) is 10.7 Å². The molecule has 1 aromatic heterocycles. The highest BCUT2D eigenvalue weighted by Crippen LogP contribution is 2.14. The fraction of sp³-hybridized carbons (Fsp3) is 0.571. The van der Waals surface area contributed by atoms with Crippen molar-refractivity contribution in [1.29, 1.82) is 0 Å². The Morgan fingerprint density at radius 1 is 1.55 bits per heavy atom. The van der Waals surface area contributed by atoms with Crippen LogP contribution in [0.2, 0.25) is 0 Å². The van der Waals surface area contributed by atoms with Crippen molar-refractivity contribution >= 4 is 29.4 Å². The molecule has 0 saturated carbocycles. The predicted molar refractivity (Wildman–Crippen MR) is 53.1 cm³/mol. The van der Waals surface area contributed by atoms with E-state index in [1.807, 2.05) is 18.7 Å². The number of aromatic nitrogens is 2. The lowest BCUT2D eigenvalue weighted by Crippen LogP contribution is -2.24. The van der Waals surface area contributed by atoms with Crippen molar-refractivity contribution in [3.8, 4) is 0 Å². The first-order valence-corrected chi connectivity index (χ1v) is 4.43. The quantitative estimate of drug-likeness (QED) is 0.581. The first-order valence-electron chi connectivity index (χ1n) is 3.63. The lowest BCUT2D eigenvalue weighted by atomic mass is 10.1. The summed E-state index contributed by atoms with van der Waals surface area (Å²) in [5.41, 5.74) is 1.12. The predicted octanol–water partition coefficient (Wildman–Crippen LogP) is 0.659.